The summed E-state index contributed by atoms with van der Waals surface area (Å²) in [7, 11) is 0. The Morgan fingerprint density at radius 1 is 0.900 bits per heavy atom. The summed E-state index contributed by atoms with van der Waals surface area (Å²) >= 11 is 0. The van der Waals surface area contributed by atoms with E-state index in [4.69, 9.17) is 9.47 Å². The second kappa shape index (κ2) is 6.33. The first kappa shape index (κ1) is 14.3. The van der Waals surface area contributed by atoms with Crippen molar-refractivity contribution in [3.05, 3.63) is 42.0 Å². The van der Waals surface area contributed by atoms with Crippen LogP contribution < -0.4 is 9.47 Å². The number of hydrogen-bond acceptors (Lipinski definition) is 3. The van der Waals surface area contributed by atoms with Crippen LogP contribution in [0.1, 0.15) is 19.4 Å². The standard InChI is InChI=1S/C17H20O3/c1-4-19-16-9-7-13(11-17(16)20-5-2)14-10-12(3)6-8-15(14)18/h6-11,18H,4-5H2,1-3H3. The highest BCUT2D eigenvalue weighted by molar-refractivity contribution is 5.73. The van der Waals surface area contributed by atoms with Crippen LogP contribution in [0, 0.1) is 6.92 Å². The zero-order chi connectivity index (χ0) is 14.5. The Morgan fingerprint density at radius 3 is 2.30 bits per heavy atom. The fourth-order valence-corrected chi connectivity index (χ4v) is 2.10. The lowest BCUT2D eigenvalue weighted by molar-refractivity contribution is 0.288. The van der Waals surface area contributed by atoms with Gasteiger partial charge in [0, 0.05) is 5.56 Å². The molecular weight excluding hydrogens is 252 g/mol. The number of ether oxygens (including phenoxy) is 2. The van der Waals surface area contributed by atoms with Gasteiger partial charge in [0.05, 0.1) is 13.2 Å². The summed E-state index contributed by atoms with van der Waals surface area (Å²) in [4.78, 5) is 0. The minimum atomic E-state index is 0.266. The molecule has 0 saturated carbocycles. The largest absolute Gasteiger partial charge is 0.507 e. The predicted molar refractivity (Wildman–Crippen MR) is 80.6 cm³/mol. The molecule has 0 amide bonds. The fourth-order valence-electron chi connectivity index (χ4n) is 2.10. The minimum absolute atomic E-state index is 0.266. The average molecular weight is 272 g/mol. The van der Waals surface area contributed by atoms with E-state index < -0.39 is 0 Å². The van der Waals surface area contributed by atoms with E-state index in [0.29, 0.717) is 19.0 Å². The molecule has 1 N–H and O–H groups in total. The molecule has 0 aromatic heterocycles. The fraction of sp³-hybridized carbons (Fsp3) is 0.294. The molecule has 0 heterocycles. The van der Waals surface area contributed by atoms with E-state index in [2.05, 4.69) is 0 Å². The van der Waals surface area contributed by atoms with E-state index in [-0.39, 0.29) is 5.75 Å². The average Bonchev–Trinajstić information content (AvgIpc) is 2.44. The van der Waals surface area contributed by atoms with E-state index in [1.165, 1.54) is 0 Å². The summed E-state index contributed by atoms with van der Waals surface area (Å²) in [6.45, 7) is 7.04. The van der Waals surface area contributed by atoms with Crippen LogP contribution in [0.5, 0.6) is 17.2 Å². The Morgan fingerprint density at radius 2 is 1.60 bits per heavy atom. The summed E-state index contributed by atoms with van der Waals surface area (Å²) in [5, 5.41) is 10.0. The van der Waals surface area contributed by atoms with Crippen molar-refractivity contribution in [1.29, 1.82) is 0 Å². The van der Waals surface area contributed by atoms with Gasteiger partial charge in [-0.3, -0.25) is 0 Å². The third-order valence-electron chi connectivity index (χ3n) is 3.01. The quantitative estimate of drug-likeness (QED) is 0.888. The van der Waals surface area contributed by atoms with Crippen LogP contribution >= 0.6 is 0 Å². The second-order valence-electron chi connectivity index (χ2n) is 4.55. The molecule has 0 aliphatic heterocycles. The van der Waals surface area contributed by atoms with Crippen molar-refractivity contribution in [3.63, 3.8) is 0 Å². The Bertz CT molecular complexity index is 591. The van der Waals surface area contributed by atoms with Gasteiger partial charge in [-0.25, -0.2) is 0 Å². The molecule has 0 saturated heterocycles. The molecule has 2 rings (SSSR count). The van der Waals surface area contributed by atoms with Gasteiger partial charge in [0.1, 0.15) is 5.75 Å². The lowest BCUT2D eigenvalue weighted by Gasteiger charge is -2.13. The molecule has 0 unspecified atom stereocenters. The molecule has 0 aliphatic carbocycles. The van der Waals surface area contributed by atoms with E-state index >= 15 is 0 Å². The molecule has 0 radical (unpaired) electrons. The van der Waals surface area contributed by atoms with Crippen LogP contribution in [0.4, 0.5) is 0 Å². The van der Waals surface area contributed by atoms with Gasteiger partial charge in [0.25, 0.3) is 0 Å². The number of hydrogen-bond donors (Lipinski definition) is 1. The SMILES string of the molecule is CCOc1ccc(-c2cc(C)ccc2O)cc1OCC. The normalized spacial score (nSPS) is 10.3. The second-order valence-corrected chi connectivity index (χ2v) is 4.55. The first-order chi connectivity index (χ1) is 9.65. The summed E-state index contributed by atoms with van der Waals surface area (Å²) in [6, 6.07) is 11.3. The third kappa shape index (κ3) is 3.05. The van der Waals surface area contributed by atoms with Crippen molar-refractivity contribution < 1.29 is 14.6 Å². The molecule has 3 nitrogen and oxygen atoms in total. The van der Waals surface area contributed by atoms with Gasteiger partial charge < -0.3 is 14.6 Å². The van der Waals surface area contributed by atoms with Crippen LogP contribution in [0.15, 0.2) is 36.4 Å². The zero-order valence-corrected chi connectivity index (χ0v) is 12.1. The topological polar surface area (TPSA) is 38.7 Å². The molecular formula is C17H20O3. The van der Waals surface area contributed by atoms with Crippen molar-refractivity contribution in [2.75, 3.05) is 13.2 Å². The van der Waals surface area contributed by atoms with E-state index in [0.717, 1.165) is 22.4 Å². The highest BCUT2D eigenvalue weighted by atomic mass is 16.5. The Labute approximate surface area is 119 Å². The first-order valence-corrected chi connectivity index (χ1v) is 6.85. The number of aromatic hydroxyl groups is 1. The molecule has 0 bridgehead atoms. The molecule has 106 valence electrons. The minimum Gasteiger partial charge on any atom is -0.507 e. The molecule has 0 aliphatic rings. The number of aryl methyl sites for hydroxylation is 1. The number of phenols is 1. The van der Waals surface area contributed by atoms with E-state index in [1.54, 1.807) is 6.07 Å². The molecule has 2 aromatic carbocycles. The lowest BCUT2D eigenvalue weighted by atomic mass is 10.0. The van der Waals surface area contributed by atoms with Gasteiger partial charge in [0.2, 0.25) is 0 Å². The van der Waals surface area contributed by atoms with Gasteiger partial charge in [0.15, 0.2) is 11.5 Å². The molecule has 3 heteroatoms. The van der Waals surface area contributed by atoms with Crippen molar-refractivity contribution in [2.24, 2.45) is 0 Å². The number of benzene rings is 2. The maximum Gasteiger partial charge on any atom is 0.161 e. The molecule has 0 atom stereocenters. The van der Waals surface area contributed by atoms with Crippen LogP contribution in [0.2, 0.25) is 0 Å². The van der Waals surface area contributed by atoms with Crippen molar-refractivity contribution in [2.45, 2.75) is 20.8 Å². The Hall–Kier alpha value is -2.16. The number of rotatable bonds is 5. The van der Waals surface area contributed by atoms with Crippen molar-refractivity contribution in [3.8, 4) is 28.4 Å². The third-order valence-corrected chi connectivity index (χ3v) is 3.01. The number of phenolic OH excluding ortho intramolecular Hbond substituents is 1. The van der Waals surface area contributed by atoms with Crippen molar-refractivity contribution >= 4 is 0 Å². The van der Waals surface area contributed by atoms with Crippen LogP contribution in [-0.2, 0) is 0 Å². The summed E-state index contributed by atoms with van der Waals surface area (Å²) in [5.41, 5.74) is 2.82. The van der Waals surface area contributed by atoms with Gasteiger partial charge in [-0.05, 0) is 50.6 Å². The van der Waals surface area contributed by atoms with Gasteiger partial charge >= 0.3 is 0 Å². The summed E-state index contributed by atoms with van der Waals surface area (Å²) in [6.07, 6.45) is 0. The molecule has 0 fully saturated rings. The van der Waals surface area contributed by atoms with Gasteiger partial charge in [-0.2, -0.15) is 0 Å². The van der Waals surface area contributed by atoms with Crippen molar-refractivity contribution in [1.82, 2.24) is 0 Å². The highest BCUT2D eigenvalue weighted by Gasteiger charge is 2.10. The highest BCUT2D eigenvalue weighted by Crippen LogP contribution is 2.36. The predicted octanol–water partition coefficient (Wildman–Crippen LogP) is 4.17. The summed E-state index contributed by atoms with van der Waals surface area (Å²) < 4.78 is 11.2. The van der Waals surface area contributed by atoms with Crippen LogP contribution in [0.25, 0.3) is 11.1 Å². The van der Waals surface area contributed by atoms with Gasteiger partial charge in [-0.1, -0.05) is 17.7 Å². The van der Waals surface area contributed by atoms with E-state index in [1.807, 2.05) is 51.1 Å². The smallest absolute Gasteiger partial charge is 0.161 e. The Balaban J connectivity index is 2.46. The van der Waals surface area contributed by atoms with Crippen LogP contribution in [0.3, 0.4) is 0 Å². The monoisotopic (exact) mass is 272 g/mol. The molecule has 20 heavy (non-hydrogen) atoms. The Kier molecular flexibility index (Phi) is 4.51. The van der Waals surface area contributed by atoms with Gasteiger partial charge in [-0.15, -0.1) is 0 Å². The maximum atomic E-state index is 10.0. The van der Waals surface area contributed by atoms with Crippen LogP contribution in [-0.4, -0.2) is 18.3 Å². The molecule has 0 spiro atoms. The first-order valence-electron chi connectivity index (χ1n) is 6.85. The zero-order valence-electron chi connectivity index (χ0n) is 12.1. The molecule has 2 aromatic rings. The van der Waals surface area contributed by atoms with E-state index in [9.17, 15) is 5.11 Å². The lowest BCUT2D eigenvalue weighted by Crippen LogP contribution is -1.98. The summed E-state index contributed by atoms with van der Waals surface area (Å²) in [5.74, 6) is 1.69. The maximum absolute atomic E-state index is 10.0.